The predicted molar refractivity (Wildman–Crippen MR) is 205 cm³/mol. The van der Waals surface area contributed by atoms with Crippen LogP contribution in [-0.4, -0.2) is 57.9 Å². The summed E-state index contributed by atoms with van der Waals surface area (Å²) in [6.45, 7) is 21.9. The second-order valence-electron chi connectivity index (χ2n) is 15.9. The lowest BCUT2D eigenvalue weighted by molar-refractivity contribution is 0.00578. The summed E-state index contributed by atoms with van der Waals surface area (Å²) in [6, 6.07) is 44.8. The van der Waals surface area contributed by atoms with Gasteiger partial charge in [-0.25, -0.2) is 0 Å². The second kappa shape index (κ2) is 11.8. The highest BCUT2D eigenvalue weighted by Gasteiger charge is 2.78. The smallest absolute Gasteiger partial charge is 0.406 e. The molecule has 0 aromatic heterocycles. The van der Waals surface area contributed by atoms with Gasteiger partial charge in [0, 0.05) is 0 Å². The van der Waals surface area contributed by atoms with E-state index in [0.29, 0.717) is 0 Å². The molecule has 0 radical (unpaired) electrons. The van der Waals surface area contributed by atoms with Crippen molar-refractivity contribution >= 4 is 56.2 Å². The van der Waals surface area contributed by atoms with Crippen molar-refractivity contribution in [2.24, 2.45) is 0 Å². The molecule has 0 N–H and O–H groups in total. The molecular weight excluding hydrogens is 626 g/mol. The fourth-order valence-corrected chi connectivity index (χ4v) is 49.0. The first-order valence-corrected chi connectivity index (χ1v) is 26.1. The molecule has 244 valence electrons. The summed E-state index contributed by atoms with van der Waals surface area (Å²) in [7, 11) is -9.00. The molecule has 47 heavy (non-hydrogen) atoms. The Balaban J connectivity index is 1.81. The molecule has 2 saturated heterocycles. The second-order valence-corrected chi connectivity index (χ2v) is 39.3. The first-order valence-electron chi connectivity index (χ1n) is 17.0. The maximum Gasteiger partial charge on any atom is 0.441 e. The van der Waals surface area contributed by atoms with Gasteiger partial charge < -0.3 is 18.6 Å². The van der Waals surface area contributed by atoms with Gasteiger partial charge in [-0.1, -0.05) is 155 Å². The third-order valence-electron chi connectivity index (χ3n) is 12.1. The Morgan fingerprint density at radius 2 is 0.553 bits per heavy atom. The van der Waals surface area contributed by atoms with Crippen molar-refractivity contribution in [2.45, 2.75) is 90.9 Å². The molecule has 0 bridgehead atoms. The Morgan fingerprint density at radius 3 is 0.745 bits per heavy atom. The van der Waals surface area contributed by atoms with E-state index >= 15 is 0 Å². The van der Waals surface area contributed by atoms with Crippen molar-refractivity contribution in [1.29, 1.82) is 0 Å². The van der Waals surface area contributed by atoms with Gasteiger partial charge in [0.25, 0.3) is 0 Å². The molecule has 0 unspecified atom stereocenters. The van der Waals surface area contributed by atoms with E-state index in [0.717, 1.165) is 0 Å². The molecule has 9 heteroatoms. The summed E-state index contributed by atoms with van der Waals surface area (Å²) >= 11 is 0. The van der Waals surface area contributed by atoms with E-state index in [4.69, 9.17) is 18.6 Å². The van der Waals surface area contributed by atoms with E-state index < -0.39 is 57.9 Å². The van der Waals surface area contributed by atoms with Crippen LogP contribution in [0.25, 0.3) is 0 Å². The lowest BCUT2D eigenvalue weighted by atomic mass is 9.90. The van der Waals surface area contributed by atoms with Gasteiger partial charge in [0.15, 0.2) is 14.9 Å². The third kappa shape index (κ3) is 5.08. The van der Waals surface area contributed by atoms with Crippen molar-refractivity contribution in [1.82, 2.24) is 0 Å². The Bertz CT molecular complexity index is 1450. The minimum Gasteiger partial charge on any atom is -0.406 e. The molecule has 0 atom stereocenters. The van der Waals surface area contributed by atoms with Gasteiger partial charge in [-0.3, -0.25) is 0 Å². The molecule has 0 saturated carbocycles. The Kier molecular flexibility index (Phi) is 8.65. The lowest BCUT2D eigenvalue weighted by Crippen LogP contribution is -2.97. The zero-order valence-corrected chi connectivity index (χ0v) is 32.8. The number of benzene rings is 4. The molecule has 2 fully saturated rings. The van der Waals surface area contributed by atoms with Crippen LogP contribution in [0.15, 0.2) is 121 Å². The highest BCUT2D eigenvalue weighted by atomic mass is 29.6. The average molecular weight is 677 g/mol. The van der Waals surface area contributed by atoms with E-state index in [2.05, 4.69) is 190 Å². The highest BCUT2D eigenvalue weighted by molar-refractivity contribution is 7.95. The summed E-state index contributed by atoms with van der Waals surface area (Å²) in [5, 5.41) is 5.34. The maximum atomic E-state index is 7.35. The minimum atomic E-state index is -3.08. The fourth-order valence-electron chi connectivity index (χ4n) is 8.07. The highest BCUT2D eigenvalue weighted by Crippen LogP contribution is 2.46. The van der Waals surface area contributed by atoms with Crippen molar-refractivity contribution in [3.8, 4) is 0 Å². The first-order chi connectivity index (χ1) is 22.0. The minimum absolute atomic E-state index is 0.430. The summed E-state index contributed by atoms with van der Waals surface area (Å²) in [5.41, 5.74) is -2.01. The zero-order valence-electron chi connectivity index (χ0n) is 29.8. The fraction of sp³-hybridized carbons (Fsp3) is 0.368. The van der Waals surface area contributed by atoms with E-state index in [1.54, 1.807) is 0 Å². The first kappa shape index (κ1) is 34.4. The Hall–Kier alpha value is -2.50. The van der Waals surface area contributed by atoms with Crippen molar-refractivity contribution in [2.75, 3.05) is 0 Å². The largest absolute Gasteiger partial charge is 0.441 e. The predicted octanol–water partition coefficient (Wildman–Crippen LogP) is 5.72. The third-order valence-corrected chi connectivity index (χ3v) is 46.7. The Morgan fingerprint density at radius 1 is 0.362 bits per heavy atom. The van der Waals surface area contributed by atoms with Gasteiger partial charge in [-0.15, -0.1) is 0 Å². The SMILES string of the molecule is CC1(C)OB([Si](c2ccccc2)(c2ccccc2)[Si](C)(C)[Si](B2OC(C)(C)C(C)(C)O2)(c2ccccc2)c2ccccc2)OC1(C)C. The molecule has 4 aromatic rings. The van der Waals surface area contributed by atoms with E-state index in [1.165, 1.54) is 20.7 Å². The molecular formula is C38H50B2O4Si3. The molecule has 6 rings (SSSR count). The van der Waals surface area contributed by atoms with Crippen molar-refractivity contribution in [3.63, 3.8) is 0 Å². The van der Waals surface area contributed by atoms with Gasteiger partial charge >= 0.3 is 13.4 Å². The summed E-state index contributed by atoms with van der Waals surface area (Å²) in [6.07, 6.45) is 0. The number of hydrogen-bond acceptors (Lipinski definition) is 4. The van der Waals surface area contributed by atoms with Crippen LogP contribution < -0.4 is 20.7 Å². The zero-order chi connectivity index (χ0) is 33.9. The van der Waals surface area contributed by atoms with Gasteiger partial charge in [-0.2, -0.15) is 0 Å². The average Bonchev–Trinajstić information content (AvgIpc) is 3.38. The molecule has 4 nitrogen and oxygen atoms in total. The standard InChI is InChI=1S/C38H50B2O4Si3/c1-35(2)36(3,4)42-39(41-35)46(31-23-15-11-16-24-31,32-25-17-12-18-26-32)45(9,10)47(33-27-19-13-20-28-33,34-29-21-14-22-30-34)40-43-37(5,6)38(7,8)44-40/h11-30H,1-10H3. The van der Waals surface area contributed by atoms with Crippen LogP contribution in [0.3, 0.4) is 0 Å². The quantitative estimate of drug-likeness (QED) is 0.224. The van der Waals surface area contributed by atoms with Crippen LogP contribution >= 0.6 is 0 Å². The normalized spacial score (nSPS) is 20.4. The van der Waals surface area contributed by atoms with E-state index in [1.807, 2.05) is 0 Å². The van der Waals surface area contributed by atoms with Gasteiger partial charge in [0.05, 0.1) is 29.5 Å². The summed E-state index contributed by atoms with van der Waals surface area (Å²) < 4.78 is 29.4. The monoisotopic (exact) mass is 676 g/mol. The van der Waals surface area contributed by atoms with Crippen LogP contribution in [0.1, 0.15) is 55.4 Å². The van der Waals surface area contributed by atoms with Crippen molar-refractivity contribution < 1.29 is 18.6 Å². The van der Waals surface area contributed by atoms with Gasteiger partial charge in [0.1, 0.15) is 0 Å². The summed E-state index contributed by atoms with van der Waals surface area (Å²) in [5.74, 6) is 0. The molecule has 2 heterocycles. The molecule has 2 aliphatic rings. The number of hydrogen-bond donors (Lipinski definition) is 0. The molecule has 0 spiro atoms. The maximum absolute atomic E-state index is 7.35. The molecule has 0 amide bonds. The van der Waals surface area contributed by atoms with Crippen LogP contribution in [0.4, 0.5) is 0 Å². The van der Waals surface area contributed by atoms with Gasteiger partial charge in [0.2, 0.25) is 0 Å². The van der Waals surface area contributed by atoms with Crippen LogP contribution in [0.2, 0.25) is 13.1 Å². The van der Waals surface area contributed by atoms with E-state index in [9.17, 15) is 0 Å². The molecule has 2 aliphatic heterocycles. The number of rotatable bonds is 8. The van der Waals surface area contributed by atoms with Crippen LogP contribution in [-0.2, 0) is 18.6 Å². The van der Waals surface area contributed by atoms with E-state index in [-0.39, 0.29) is 0 Å². The van der Waals surface area contributed by atoms with Gasteiger partial charge in [-0.05, 0) is 55.4 Å². The lowest BCUT2D eigenvalue weighted by Gasteiger charge is -2.55. The molecule has 4 aromatic carbocycles. The van der Waals surface area contributed by atoms with Crippen molar-refractivity contribution in [3.05, 3.63) is 121 Å². The molecule has 0 aliphatic carbocycles. The Labute approximate surface area is 286 Å². The summed E-state index contributed by atoms with van der Waals surface area (Å²) in [4.78, 5) is 0. The topological polar surface area (TPSA) is 36.9 Å². The van der Waals surface area contributed by atoms with Crippen LogP contribution in [0, 0.1) is 0 Å². The van der Waals surface area contributed by atoms with Crippen LogP contribution in [0.5, 0.6) is 0 Å².